The molecule has 10 heteroatoms. The fourth-order valence-corrected chi connectivity index (χ4v) is 4.14. The summed E-state index contributed by atoms with van der Waals surface area (Å²) in [5.41, 5.74) is 3.78. The Hall–Kier alpha value is -3.79. The molecule has 158 valence electrons. The van der Waals surface area contributed by atoms with Crippen molar-refractivity contribution in [3.8, 4) is 11.3 Å². The number of benzene rings is 1. The highest BCUT2D eigenvalue weighted by Gasteiger charge is 2.14. The summed E-state index contributed by atoms with van der Waals surface area (Å²) >= 11 is 1.41. The van der Waals surface area contributed by atoms with Gasteiger partial charge in [-0.2, -0.15) is 4.98 Å². The third-order valence-corrected chi connectivity index (χ3v) is 5.51. The number of thiazole rings is 1. The number of fused-ring (bicyclic) bond motifs is 1. The number of carbonyl (C=O) groups excluding carboxylic acids is 2. The molecule has 0 spiro atoms. The molecule has 2 amide bonds. The summed E-state index contributed by atoms with van der Waals surface area (Å²) in [6, 6.07) is 10.4. The third-order valence-electron chi connectivity index (χ3n) is 4.69. The molecule has 0 saturated carbocycles. The van der Waals surface area contributed by atoms with Gasteiger partial charge in [0.2, 0.25) is 16.8 Å². The molecule has 0 saturated heterocycles. The van der Waals surface area contributed by atoms with E-state index in [4.69, 9.17) is 0 Å². The first-order chi connectivity index (χ1) is 14.8. The lowest BCUT2D eigenvalue weighted by molar-refractivity contribution is -0.117. The van der Waals surface area contributed by atoms with Gasteiger partial charge in [0.15, 0.2) is 5.43 Å². The molecule has 0 fully saturated rings. The van der Waals surface area contributed by atoms with Crippen molar-refractivity contribution in [3.63, 3.8) is 0 Å². The highest BCUT2D eigenvalue weighted by molar-refractivity contribution is 7.15. The minimum absolute atomic E-state index is 0.0578. The molecule has 0 radical (unpaired) electrons. The highest BCUT2D eigenvalue weighted by Crippen LogP contribution is 2.27. The number of amides is 2. The zero-order valence-corrected chi connectivity index (χ0v) is 18.0. The van der Waals surface area contributed by atoms with Gasteiger partial charge in [-0.25, -0.2) is 4.52 Å². The Balaban J connectivity index is 1.53. The molecule has 9 nitrogen and oxygen atoms in total. The standard InChI is InChI=1S/C21H20N6O3S/c1-12-8-17(29)9-13(2)26(12)10-19(30)23-20-24-21-27(25-20)18(11-31-21)15-4-6-16(7-5-15)22-14(3)28/h4-9,11H,10H2,1-3H3,(H,22,28)(H,23,25,30). The number of hydrogen-bond acceptors (Lipinski definition) is 6. The van der Waals surface area contributed by atoms with Gasteiger partial charge in [0.05, 0.1) is 5.69 Å². The van der Waals surface area contributed by atoms with Crippen LogP contribution in [0.5, 0.6) is 0 Å². The zero-order valence-electron chi connectivity index (χ0n) is 17.2. The van der Waals surface area contributed by atoms with Crippen molar-refractivity contribution >= 4 is 39.7 Å². The molecular formula is C21H20N6O3S. The topological polar surface area (TPSA) is 110 Å². The van der Waals surface area contributed by atoms with E-state index < -0.39 is 0 Å². The van der Waals surface area contributed by atoms with Crippen LogP contribution in [0.3, 0.4) is 0 Å². The second-order valence-electron chi connectivity index (χ2n) is 7.12. The Kier molecular flexibility index (Phi) is 5.38. The van der Waals surface area contributed by atoms with E-state index in [1.54, 1.807) is 22.9 Å². The predicted molar refractivity (Wildman–Crippen MR) is 119 cm³/mol. The average molecular weight is 436 g/mol. The second-order valence-corrected chi connectivity index (χ2v) is 7.95. The van der Waals surface area contributed by atoms with Crippen LogP contribution >= 0.6 is 11.3 Å². The number of pyridine rings is 1. The fourth-order valence-electron chi connectivity index (χ4n) is 3.30. The minimum atomic E-state index is -0.283. The number of carbonyl (C=O) groups is 2. The summed E-state index contributed by atoms with van der Waals surface area (Å²) in [7, 11) is 0. The lowest BCUT2D eigenvalue weighted by Crippen LogP contribution is -2.23. The number of nitrogens with one attached hydrogen (secondary N) is 2. The van der Waals surface area contributed by atoms with Gasteiger partial charge >= 0.3 is 0 Å². The molecule has 0 unspecified atom stereocenters. The molecule has 0 bridgehead atoms. The maximum absolute atomic E-state index is 12.5. The summed E-state index contributed by atoms with van der Waals surface area (Å²) in [4.78, 5) is 40.3. The van der Waals surface area contributed by atoms with Crippen LogP contribution in [0.25, 0.3) is 16.2 Å². The lowest BCUT2D eigenvalue weighted by Gasteiger charge is -2.13. The summed E-state index contributed by atoms with van der Waals surface area (Å²) in [5.74, 6) is -0.200. The SMILES string of the molecule is CC(=O)Nc1ccc(-c2csc3nc(NC(=O)Cn4c(C)cc(=O)cc4C)nn23)cc1. The van der Waals surface area contributed by atoms with E-state index in [0.29, 0.717) is 22.0 Å². The van der Waals surface area contributed by atoms with Gasteiger partial charge in [0.1, 0.15) is 6.54 Å². The van der Waals surface area contributed by atoms with Crippen LogP contribution in [0, 0.1) is 13.8 Å². The van der Waals surface area contributed by atoms with Crippen molar-refractivity contribution in [2.24, 2.45) is 0 Å². The Labute approximate surface area is 181 Å². The minimum Gasteiger partial charge on any atom is -0.340 e. The maximum atomic E-state index is 12.5. The number of aryl methyl sites for hydroxylation is 2. The van der Waals surface area contributed by atoms with Gasteiger partial charge in [-0.15, -0.1) is 16.4 Å². The van der Waals surface area contributed by atoms with Gasteiger partial charge < -0.3 is 9.88 Å². The first kappa shape index (κ1) is 20.5. The van der Waals surface area contributed by atoms with Crippen LogP contribution in [-0.2, 0) is 16.1 Å². The van der Waals surface area contributed by atoms with E-state index in [-0.39, 0.29) is 29.7 Å². The van der Waals surface area contributed by atoms with Crippen molar-refractivity contribution in [1.29, 1.82) is 0 Å². The van der Waals surface area contributed by atoms with Crippen molar-refractivity contribution in [3.05, 3.63) is 63.4 Å². The molecule has 31 heavy (non-hydrogen) atoms. The molecule has 0 aliphatic carbocycles. The Morgan fingerprint density at radius 1 is 1.06 bits per heavy atom. The summed E-state index contributed by atoms with van der Waals surface area (Å²) in [5, 5.41) is 11.8. The first-order valence-electron chi connectivity index (χ1n) is 9.50. The average Bonchev–Trinajstić information content (AvgIpc) is 3.25. The third kappa shape index (κ3) is 4.38. The second kappa shape index (κ2) is 8.15. The van der Waals surface area contributed by atoms with Gasteiger partial charge in [0.25, 0.3) is 5.95 Å². The van der Waals surface area contributed by atoms with E-state index in [1.165, 1.54) is 30.4 Å². The van der Waals surface area contributed by atoms with Crippen molar-refractivity contribution in [2.75, 3.05) is 10.6 Å². The Morgan fingerprint density at radius 2 is 1.74 bits per heavy atom. The molecule has 2 N–H and O–H groups in total. The van der Waals surface area contributed by atoms with Gasteiger partial charge in [0, 0.05) is 47.1 Å². The van der Waals surface area contributed by atoms with Crippen molar-refractivity contribution in [1.82, 2.24) is 19.2 Å². The summed E-state index contributed by atoms with van der Waals surface area (Å²) in [6.45, 7) is 5.09. The molecule has 3 aromatic heterocycles. The number of hydrogen-bond donors (Lipinski definition) is 2. The van der Waals surface area contributed by atoms with Crippen molar-refractivity contribution in [2.45, 2.75) is 27.3 Å². The molecule has 4 rings (SSSR count). The molecule has 3 heterocycles. The lowest BCUT2D eigenvalue weighted by atomic mass is 10.1. The van der Waals surface area contributed by atoms with E-state index in [2.05, 4.69) is 20.7 Å². The van der Waals surface area contributed by atoms with Crippen LogP contribution in [0.2, 0.25) is 0 Å². The molecule has 1 aromatic carbocycles. The molecule has 0 aliphatic rings. The maximum Gasteiger partial charge on any atom is 0.250 e. The van der Waals surface area contributed by atoms with Crippen LogP contribution in [0.1, 0.15) is 18.3 Å². The highest BCUT2D eigenvalue weighted by atomic mass is 32.1. The van der Waals surface area contributed by atoms with Gasteiger partial charge in [-0.1, -0.05) is 12.1 Å². The largest absolute Gasteiger partial charge is 0.340 e. The van der Waals surface area contributed by atoms with Crippen LogP contribution in [0.15, 0.2) is 46.6 Å². The van der Waals surface area contributed by atoms with E-state index in [9.17, 15) is 14.4 Å². The number of nitrogens with zero attached hydrogens (tertiary/aromatic N) is 4. The van der Waals surface area contributed by atoms with E-state index >= 15 is 0 Å². The molecule has 0 aliphatic heterocycles. The summed E-state index contributed by atoms with van der Waals surface area (Å²) in [6.07, 6.45) is 0. The summed E-state index contributed by atoms with van der Waals surface area (Å²) < 4.78 is 3.43. The van der Waals surface area contributed by atoms with Gasteiger partial charge in [-0.05, 0) is 26.0 Å². The van der Waals surface area contributed by atoms with E-state index in [0.717, 1.165) is 11.3 Å². The van der Waals surface area contributed by atoms with E-state index in [1.807, 2.05) is 29.6 Å². The van der Waals surface area contributed by atoms with Crippen LogP contribution < -0.4 is 16.1 Å². The molecular weight excluding hydrogens is 416 g/mol. The van der Waals surface area contributed by atoms with Crippen LogP contribution in [0.4, 0.5) is 11.6 Å². The molecule has 0 atom stereocenters. The van der Waals surface area contributed by atoms with Crippen molar-refractivity contribution < 1.29 is 9.59 Å². The normalized spacial score (nSPS) is 10.9. The predicted octanol–water partition coefficient (Wildman–Crippen LogP) is 2.83. The smallest absolute Gasteiger partial charge is 0.250 e. The van der Waals surface area contributed by atoms with Crippen LogP contribution in [-0.4, -0.2) is 31.0 Å². The monoisotopic (exact) mass is 436 g/mol. The number of anilines is 2. The zero-order chi connectivity index (χ0) is 22.1. The first-order valence-corrected chi connectivity index (χ1v) is 10.4. The molecule has 4 aromatic rings. The van der Waals surface area contributed by atoms with Gasteiger partial charge in [-0.3, -0.25) is 19.7 Å². The number of aromatic nitrogens is 4. The Morgan fingerprint density at radius 3 is 2.39 bits per heavy atom. The number of rotatable bonds is 5. The fraction of sp³-hybridized carbons (Fsp3) is 0.190. The Bertz CT molecular complexity index is 1320. The quantitative estimate of drug-likeness (QED) is 0.500.